The summed E-state index contributed by atoms with van der Waals surface area (Å²) in [7, 11) is 3.31. The minimum absolute atomic E-state index is 0.318. The molecule has 1 aromatic rings. The summed E-state index contributed by atoms with van der Waals surface area (Å²) in [6.07, 6.45) is 2.62. The summed E-state index contributed by atoms with van der Waals surface area (Å²) < 4.78 is 5.02. The fraction of sp³-hybridized carbons (Fsp3) is 0.727. The summed E-state index contributed by atoms with van der Waals surface area (Å²) in [5.74, 6) is 1.05. The molecule has 2 rings (SSSR count). The van der Waals surface area contributed by atoms with Gasteiger partial charge in [0.1, 0.15) is 0 Å². The maximum Gasteiger partial charge on any atom is 0.322 e. The number of aromatic nitrogens is 3. The zero-order valence-electron chi connectivity index (χ0n) is 10.9. The average molecular weight is 252 g/mol. The Balaban J connectivity index is 1.87. The van der Waals surface area contributed by atoms with Crippen molar-refractivity contribution in [3.8, 4) is 6.01 Å². The number of rotatable bonds is 6. The molecular formula is C11H20N6O. The second kappa shape index (κ2) is 6.34. The highest BCUT2D eigenvalue weighted by molar-refractivity contribution is 5.35. The van der Waals surface area contributed by atoms with E-state index >= 15 is 0 Å². The fourth-order valence-corrected chi connectivity index (χ4v) is 1.97. The second-order valence-corrected chi connectivity index (χ2v) is 4.19. The van der Waals surface area contributed by atoms with E-state index in [1.165, 1.54) is 25.9 Å². The molecule has 0 aliphatic carbocycles. The first-order valence-electron chi connectivity index (χ1n) is 6.26. The van der Waals surface area contributed by atoms with Gasteiger partial charge < -0.3 is 20.3 Å². The van der Waals surface area contributed by atoms with E-state index in [0.29, 0.717) is 17.9 Å². The van der Waals surface area contributed by atoms with Gasteiger partial charge in [-0.2, -0.15) is 15.0 Å². The molecule has 1 fully saturated rings. The van der Waals surface area contributed by atoms with Crippen molar-refractivity contribution in [1.29, 1.82) is 0 Å². The van der Waals surface area contributed by atoms with Crippen LogP contribution in [0.15, 0.2) is 0 Å². The maximum atomic E-state index is 5.02. The minimum atomic E-state index is 0.318. The lowest BCUT2D eigenvalue weighted by molar-refractivity contribution is 0.352. The topological polar surface area (TPSA) is 75.2 Å². The molecule has 7 nitrogen and oxygen atoms in total. The van der Waals surface area contributed by atoms with Gasteiger partial charge in [-0.3, -0.25) is 0 Å². The molecule has 0 atom stereocenters. The normalized spacial score (nSPS) is 15.7. The van der Waals surface area contributed by atoms with Gasteiger partial charge in [-0.15, -0.1) is 0 Å². The lowest BCUT2D eigenvalue weighted by Crippen LogP contribution is -2.26. The molecule has 0 spiro atoms. The molecule has 1 aliphatic heterocycles. The first-order chi connectivity index (χ1) is 8.81. The predicted molar refractivity (Wildman–Crippen MR) is 70.1 cm³/mol. The number of anilines is 2. The van der Waals surface area contributed by atoms with Crippen molar-refractivity contribution >= 4 is 11.9 Å². The van der Waals surface area contributed by atoms with Crippen molar-refractivity contribution in [2.45, 2.75) is 12.8 Å². The molecule has 2 heterocycles. The molecule has 0 bridgehead atoms. The van der Waals surface area contributed by atoms with Gasteiger partial charge >= 0.3 is 6.01 Å². The minimum Gasteiger partial charge on any atom is -0.467 e. The van der Waals surface area contributed by atoms with Crippen LogP contribution in [0.1, 0.15) is 12.8 Å². The molecule has 0 aromatic carbocycles. The maximum absolute atomic E-state index is 5.02. The summed E-state index contributed by atoms with van der Waals surface area (Å²) in [5.41, 5.74) is 0. The third kappa shape index (κ3) is 3.43. The van der Waals surface area contributed by atoms with Crippen molar-refractivity contribution in [3.63, 3.8) is 0 Å². The van der Waals surface area contributed by atoms with Crippen LogP contribution in [0.25, 0.3) is 0 Å². The zero-order valence-corrected chi connectivity index (χ0v) is 10.9. The van der Waals surface area contributed by atoms with Gasteiger partial charge in [0.05, 0.1) is 7.11 Å². The summed E-state index contributed by atoms with van der Waals surface area (Å²) in [5, 5.41) is 6.08. The van der Waals surface area contributed by atoms with E-state index in [1.54, 1.807) is 14.2 Å². The summed E-state index contributed by atoms with van der Waals surface area (Å²) in [4.78, 5) is 14.9. The van der Waals surface area contributed by atoms with Gasteiger partial charge in [0.15, 0.2) is 0 Å². The van der Waals surface area contributed by atoms with E-state index in [-0.39, 0.29) is 0 Å². The number of methoxy groups -OCH3 is 1. The highest BCUT2D eigenvalue weighted by Gasteiger charge is 2.11. The zero-order chi connectivity index (χ0) is 12.8. The molecular weight excluding hydrogens is 232 g/mol. The average Bonchev–Trinajstić information content (AvgIpc) is 2.91. The van der Waals surface area contributed by atoms with Crippen molar-refractivity contribution < 1.29 is 4.74 Å². The van der Waals surface area contributed by atoms with Gasteiger partial charge in [-0.25, -0.2) is 0 Å². The molecule has 0 amide bonds. The Morgan fingerprint density at radius 3 is 2.56 bits per heavy atom. The van der Waals surface area contributed by atoms with Crippen molar-refractivity contribution in [1.82, 2.24) is 19.9 Å². The molecule has 1 aromatic heterocycles. The Hall–Kier alpha value is -1.63. The summed E-state index contributed by atoms with van der Waals surface area (Å²) >= 11 is 0. The Kier molecular flexibility index (Phi) is 4.52. The molecule has 0 saturated carbocycles. The van der Waals surface area contributed by atoms with Crippen LogP contribution in [0, 0.1) is 0 Å². The number of ether oxygens (including phenoxy) is 1. The Morgan fingerprint density at radius 1 is 1.17 bits per heavy atom. The van der Waals surface area contributed by atoms with E-state index in [1.807, 2.05) is 0 Å². The van der Waals surface area contributed by atoms with Gasteiger partial charge in [0.25, 0.3) is 0 Å². The van der Waals surface area contributed by atoms with Crippen LogP contribution in [-0.4, -0.2) is 60.2 Å². The molecule has 0 radical (unpaired) electrons. The van der Waals surface area contributed by atoms with Gasteiger partial charge in [-0.1, -0.05) is 0 Å². The predicted octanol–water partition coefficient (Wildman–Crippen LogP) is 0.430. The Morgan fingerprint density at radius 2 is 1.89 bits per heavy atom. The van der Waals surface area contributed by atoms with Crippen molar-refractivity contribution in [2.75, 3.05) is 51.0 Å². The quantitative estimate of drug-likeness (QED) is 0.760. The van der Waals surface area contributed by atoms with Crippen LogP contribution in [0.3, 0.4) is 0 Å². The Bertz CT molecular complexity index is 358. The van der Waals surface area contributed by atoms with Crippen molar-refractivity contribution in [3.05, 3.63) is 0 Å². The highest BCUT2D eigenvalue weighted by atomic mass is 16.5. The molecule has 1 saturated heterocycles. The molecule has 2 N–H and O–H groups in total. The first-order valence-corrected chi connectivity index (χ1v) is 6.26. The van der Waals surface area contributed by atoms with Crippen LogP contribution in [-0.2, 0) is 0 Å². The lowest BCUT2D eigenvalue weighted by Gasteiger charge is -2.14. The SMILES string of the molecule is CNc1nc(NCCN2CCCC2)nc(OC)n1. The fourth-order valence-electron chi connectivity index (χ4n) is 1.97. The van der Waals surface area contributed by atoms with E-state index in [0.717, 1.165) is 13.1 Å². The van der Waals surface area contributed by atoms with Gasteiger partial charge in [-0.05, 0) is 25.9 Å². The summed E-state index contributed by atoms with van der Waals surface area (Å²) in [6.45, 7) is 4.24. The molecule has 100 valence electrons. The number of nitrogens with zero attached hydrogens (tertiary/aromatic N) is 4. The molecule has 1 aliphatic rings. The van der Waals surface area contributed by atoms with E-state index in [2.05, 4.69) is 30.5 Å². The number of hydrogen-bond donors (Lipinski definition) is 2. The van der Waals surface area contributed by atoms with E-state index < -0.39 is 0 Å². The number of likely N-dealkylation sites (tertiary alicyclic amines) is 1. The van der Waals surface area contributed by atoms with Crippen LogP contribution >= 0.6 is 0 Å². The standard InChI is InChI=1S/C11H20N6O/c1-12-9-14-10(16-11(15-9)18-2)13-5-8-17-6-3-4-7-17/h3-8H2,1-2H3,(H2,12,13,14,15,16). The van der Waals surface area contributed by atoms with Crippen LogP contribution in [0.4, 0.5) is 11.9 Å². The van der Waals surface area contributed by atoms with Crippen molar-refractivity contribution in [2.24, 2.45) is 0 Å². The molecule has 7 heteroatoms. The third-order valence-electron chi connectivity index (χ3n) is 2.93. The molecule has 0 unspecified atom stereocenters. The van der Waals surface area contributed by atoms with Crippen LogP contribution in [0.5, 0.6) is 6.01 Å². The first kappa shape index (κ1) is 12.8. The molecule has 18 heavy (non-hydrogen) atoms. The third-order valence-corrected chi connectivity index (χ3v) is 2.93. The largest absolute Gasteiger partial charge is 0.467 e. The second-order valence-electron chi connectivity index (χ2n) is 4.19. The lowest BCUT2D eigenvalue weighted by atomic mass is 10.4. The van der Waals surface area contributed by atoms with Gasteiger partial charge in [0, 0.05) is 20.1 Å². The van der Waals surface area contributed by atoms with Crippen LogP contribution in [0.2, 0.25) is 0 Å². The summed E-state index contributed by atoms with van der Waals surface area (Å²) in [6, 6.07) is 0.318. The highest BCUT2D eigenvalue weighted by Crippen LogP contribution is 2.10. The Labute approximate surface area is 107 Å². The monoisotopic (exact) mass is 252 g/mol. The smallest absolute Gasteiger partial charge is 0.322 e. The van der Waals surface area contributed by atoms with E-state index in [9.17, 15) is 0 Å². The number of hydrogen-bond acceptors (Lipinski definition) is 7. The van der Waals surface area contributed by atoms with Gasteiger partial charge in [0.2, 0.25) is 11.9 Å². The van der Waals surface area contributed by atoms with Crippen LogP contribution < -0.4 is 15.4 Å². The van der Waals surface area contributed by atoms with E-state index in [4.69, 9.17) is 4.74 Å². The number of nitrogens with one attached hydrogen (secondary N) is 2.